The predicted molar refractivity (Wildman–Crippen MR) is 380 cm³/mol. The Bertz CT molecular complexity index is 4100. The number of nitrogens with one attached hydrogen (secondary N) is 6. The zero-order valence-corrected chi connectivity index (χ0v) is 66.1. The van der Waals surface area contributed by atoms with E-state index in [4.69, 9.17) is 56.5 Å². The molecule has 119 heavy (non-hydrogen) atoms. The van der Waals surface area contributed by atoms with E-state index < -0.39 is 297 Å². The lowest BCUT2D eigenvalue weighted by Crippen LogP contribution is -2.68. The highest BCUT2D eigenvalue weighted by atomic mass is 32.3. The smallest absolute Gasteiger partial charge is 0.397 e. The molecule has 4 fully saturated rings. The number of methoxy groups -OCH3 is 2. The SMILES string of the molecule is CO[C@@H]1[C@H](O)[C@@H](NS(=O)(=O)O)[C@H](O[C@@H]2[C@@H](O)[C@H](OS(=O)(=O)O)[C@@H](OC[C@@H](O)[C@@H](O)[C@H](O)[C@@H](O)CNc3cccc(NC(=O)CCCCCC(=O)Nc4cccc(NC[C@@H](O)[C@H](O)[C@@H](O)[C@@H](O)CO[C@H]5O[C@H](C(=O)O)[C@H](O[C@@H]6O[C@@H](COS(=O)(=O)O)[C@H](OC)[C@H](O)[C@H]6NS(=O)(=O)O)[C@H](O)[C@H]5OS(=O)(=O)O)c4)c3)O[C@@H]2C(=O)O)O[C@H]1COS(=O)(=O)O. The molecule has 2 aromatic carbocycles. The van der Waals surface area contributed by atoms with Crippen LogP contribution in [0.15, 0.2) is 48.5 Å². The summed E-state index contributed by atoms with van der Waals surface area (Å²) in [5.74, 6) is -5.19. The summed E-state index contributed by atoms with van der Waals surface area (Å²) in [6, 6.07) is 6.97. The quantitative estimate of drug-likeness (QED) is 0.0216. The summed E-state index contributed by atoms with van der Waals surface area (Å²) < 4.78 is 270. The molecule has 2 amide bonds. The molecule has 28 atom stereocenters. The summed E-state index contributed by atoms with van der Waals surface area (Å²) in [7, 11) is -31.0. The number of unbranched alkanes of at least 4 members (excludes halogenated alkanes) is 2. The molecule has 0 radical (unpaired) electrons. The number of carbonyl (C=O) groups is 4. The molecule has 26 N–H and O–H groups in total. The summed E-state index contributed by atoms with van der Waals surface area (Å²) in [6.07, 6.45) is -60.3. The highest BCUT2D eigenvalue weighted by Gasteiger charge is 2.59. The van der Waals surface area contributed by atoms with Crippen molar-refractivity contribution in [2.24, 2.45) is 0 Å². The first-order valence-corrected chi connectivity index (χ1v) is 42.6. The molecule has 684 valence electrons. The van der Waals surface area contributed by atoms with Gasteiger partial charge in [-0.3, -0.25) is 36.9 Å². The molecule has 0 unspecified atom stereocenters. The van der Waals surface area contributed by atoms with Crippen LogP contribution in [0.1, 0.15) is 32.1 Å². The van der Waals surface area contributed by atoms with Crippen LogP contribution in [0, 0.1) is 0 Å². The van der Waals surface area contributed by atoms with Gasteiger partial charge >= 0.3 is 74.1 Å². The lowest BCUT2D eigenvalue weighted by molar-refractivity contribution is -0.340. The fraction of sp³-hybridized carbons (Fsp3) is 0.719. The molecule has 0 bridgehead atoms. The Labute approximate surface area is 674 Å². The second kappa shape index (κ2) is 44.2. The summed E-state index contributed by atoms with van der Waals surface area (Å²) in [4.78, 5) is 51.0. The summed E-state index contributed by atoms with van der Waals surface area (Å²) in [5.41, 5.74) is 0.854. The topological polar surface area (TPSA) is 879 Å². The number of anilines is 4. The Morgan fingerprint density at radius 1 is 0.420 bits per heavy atom. The molecule has 6 rings (SSSR count). The van der Waals surface area contributed by atoms with Crippen molar-refractivity contribution >= 4 is 109 Å². The van der Waals surface area contributed by atoms with E-state index in [2.05, 4.69) is 38.0 Å². The summed E-state index contributed by atoms with van der Waals surface area (Å²) in [5, 5.41) is 162. The lowest BCUT2D eigenvalue weighted by Gasteiger charge is -2.47. The van der Waals surface area contributed by atoms with Gasteiger partial charge in [-0.15, -0.1) is 0 Å². The van der Waals surface area contributed by atoms with Gasteiger partial charge in [-0.2, -0.15) is 60.0 Å². The number of amides is 2. The zero-order chi connectivity index (χ0) is 89.4. The Kier molecular flexibility index (Phi) is 37.9. The van der Waals surface area contributed by atoms with E-state index >= 15 is 0 Å². The third-order valence-corrected chi connectivity index (χ3v) is 20.5. The van der Waals surface area contributed by atoms with Gasteiger partial charge in [-0.25, -0.2) is 26.3 Å². The number of aliphatic carboxylic acids is 2. The molecule has 4 aliphatic rings. The van der Waals surface area contributed by atoms with Crippen molar-refractivity contribution in [3.8, 4) is 0 Å². The summed E-state index contributed by atoms with van der Waals surface area (Å²) in [6.45, 7) is -6.28. The number of aliphatic hydroxyl groups excluding tert-OH is 12. The van der Waals surface area contributed by atoms with Gasteiger partial charge in [0.15, 0.2) is 49.6 Å². The first-order valence-electron chi connectivity index (χ1n) is 34.2. The molecular weight excluding hydrogens is 1760 g/mol. The van der Waals surface area contributed by atoms with Crippen molar-refractivity contribution < 1.29 is 233 Å². The van der Waals surface area contributed by atoms with E-state index in [-0.39, 0.29) is 48.4 Å². The Morgan fingerprint density at radius 3 is 1.05 bits per heavy atom. The van der Waals surface area contributed by atoms with Gasteiger partial charge in [0.05, 0.1) is 38.6 Å². The van der Waals surface area contributed by atoms with Crippen molar-refractivity contribution in [1.29, 1.82) is 0 Å². The number of benzene rings is 2. The molecule has 56 nitrogen and oxygen atoms in total. The lowest BCUT2D eigenvalue weighted by atomic mass is 9.95. The van der Waals surface area contributed by atoms with E-state index in [1.165, 1.54) is 58.0 Å². The maximum Gasteiger partial charge on any atom is 0.397 e. The minimum absolute atomic E-state index is 0.0459. The molecule has 0 spiro atoms. The average molecular weight is 1850 g/mol. The molecular formula is C57H90N6O50S6. The normalized spacial score (nSPS) is 30.2. The van der Waals surface area contributed by atoms with Gasteiger partial charge in [-0.05, 0) is 49.2 Å². The number of carboxylic acid groups (broad SMARTS) is 2. The molecule has 4 heterocycles. The van der Waals surface area contributed by atoms with Gasteiger partial charge in [-0.1, -0.05) is 18.6 Å². The highest BCUT2D eigenvalue weighted by molar-refractivity contribution is 7.84. The van der Waals surface area contributed by atoms with Crippen molar-refractivity contribution in [2.75, 3.05) is 75.0 Å². The first kappa shape index (κ1) is 102. The van der Waals surface area contributed by atoms with Crippen LogP contribution in [0.4, 0.5) is 22.7 Å². The third-order valence-electron chi connectivity index (χ3n) is 17.6. The van der Waals surface area contributed by atoms with E-state index in [0.29, 0.717) is 6.42 Å². The summed E-state index contributed by atoms with van der Waals surface area (Å²) >= 11 is 0. The Hall–Kier alpha value is -5.74. The monoisotopic (exact) mass is 1850 g/mol. The number of carbonyl (C=O) groups excluding carboxylic acids is 2. The number of ether oxygens (including phenoxy) is 10. The van der Waals surface area contributed by atoms with Crippen LogP contribution in [0.25, 0.3) is 0 Å². The molecule has 2 aromatic rings. The minimum Gasteiger partial charge on any atom is -0.479 e. The fourth-order valence-corrected chi connectivity index (χ4v) is 14.8. The van der Waals surface area contributed by atoms with Crippen molar-refractivity contribution in [3.63, 3.8) is 0 Å². The molecule has 62 heteroatoms. The number of rotatable bonds is 48. The largest absolute Gasteiger partial charge is 0.479 e. The van der Waals surface area contributed by atoms with E-state index in [1.54, 1.807) is 0 Å². The molecule has 4 aliphatic heterocycles. The minimum atomic E-state index is -5.74. The number of aliphatic hydroxyl groups is 12. The van der Waals surface area contributed by atoms with Gasteiger partial charge in [0.1, 0.15) is 110 Å². The van der Waals surface area contributed by atoms with E-state index in [9.17, 15) is 159 Å². The second-order valence-corrected chi connectivity index (χ2v) is 32.9. The van der Waals surface area contributed by atoms with Crippen LogP contribution in [0.3, 0.4) is 0 Å². The van der Waals surface area contributed by atoms with E-state index in [0.717, 1.165) is 14.2 Å². The predicted octanol–water partition coefficient (Wildman–Crippen LogP) is -11.2. The van der Waals surface area contributed by atoms with Crippen molar-refractivity contribution in [3.05, 3.63) is 48.5 Å². The molecule has 0 aliphatic carbocycles. The van der Waals surface area contributed by atoms with E-state index in [1.807, 2.05) is 0 Å². The van der Waals surface area contributed by atoms with Crippen LogP contribution in [0.2, 0.25) is 0 Å². The highest BCUT2D eigenvalue weighted by Crippen LogP contribution is 2.36. The van der Waals surface area contributed by atoms with Crippen LogP contribution >= 0.6 is 0 Å². The van der Waals surface area contributed by atoms with Gasteiger partial charge in [0.2, 0.25) is 11.8 Å². The van der Waals surface area contributed by atoms with Gasteiger partial charge < -0.3 is 140 Å². The zero-order valence-electron chi connectivity index (χ0n) is 61.2. The Morgan fingerprint density at radius 2 is 0.748 bits per heavy atom. The van der Waals surface area contributed by atoms with Crippen molar-refractivity contribution in [1.82, 2.24) is 9.44 Å². The maximum absolute atomic E-state index is 12.9. The maximum atomic E-state index is 12.9. The standard InChI is InChI=1S/C57H90N6O50S6/c1-100-44-30(20-104-116(88,89)90)106-54(34(40(44)74)62-114(82,83)84)108-46-42(76)48(112-118(94,95)96)56(110-50(46)52(78)79)102-18-28(66)38(72)36(70)26(64)16-58-22-8-6-10-24(14-22)60-32(68)12-4-3-5-13-33(69)61-25-11-7-9-23(15-25)59-17-27(65)37(71)39(73)29(67)19-103-57-49(113-119(97,98)99)43(77)47(51(111-57)53(80)81)109-55-35(63-115(85,86)87)41(75)45(101-2)31(107-55)21-105-117(91,92)93/h6-11,14-15,26-31,34-51,54-59,62-67,70-77H,3-5,12-13,16-21H2,1-2H3,(H,60,68)(H,61,69)(H,78,79)(H,80,81)(H,82,83,84)(H,85,86,87)(H,88,89,90)(H,91,92,93)(H,94,95,96)(H,97,98,99)/t26-,27+,28+,29-,30-,31-,34+,35+,36+,37-,38+,39-,40+,41+,42+,43-,44-,45-,46+,47+,48-,49+,50-,51-,54-,55-,56-,57-/m0/s1. The number of hydrogen-bond acceptors (Lipinski definition) is 44. The van der Waals surface area contributed by atoms with Gasteiger partial charge in [0.25, 0.3) is 0 Å². The van der Waals surface area contributed by atoms with Gasteiger partial charge in [0, 0.05) is 62.9 Å². The first-order chi connectivity index (χ1) is 55.1. The van der Waals surface area contributed by atoms with Crippen LogP contribution in [-0.4, -0.2) is 398 Å². The van der Waals surface area contributed by atoms with Crippen LogP contribution in [0.5, 0.6) is 0 Å². The molecule has 4 saturated heterocycles. The average Bonchev–Trinajstić information content (AvgIpc) is 0.770. The molecule has 0 saturated carbocycles. The van der Waals surface area contributed by atoms with Crippen LogP contribution in [-0.2, 0) is 145 Å². The third kappa shape index (κ3) is 32.1. The number of hydrogen-bond donors (Lipinski definition) is 26. The second-order valence-electron chi connectivity index (χ2n) is 26.3. The van der Waals surface area contributed by atoms with Crippen LogP contribution < -0.4 is 30.7 Å². The fourth-order valence-electron chi connectivity index (χ4n) is 12.0. The Balaban J connectivity index is 0.932. The van der Waals surface area contributed by atoms with Crippen molar-refractivity contribution in [2.45, 2.75) is 204 Å². The number of carboxylic acids is 2. The molecule has 0 aromatic heterocycles.